The van der Waals surface area contributed by atoms with Crippen molar-refractivity contribution in [1.82, 2.24) is 0 Å². The molecule has 0 aliphatic heterocycles. The topological polar surface area (TPSA) is 47.9 Å². The van der Waals surface area contributed by atoms with Crippen molar-refractivity contribution in [2.45, 2.75) is 32.0 Å². The lowest BCUT2D eigenvalue weighted by atomic mass is 9.95. The largest absolute Gasteiger partial charge is 0.495 e. The molecule has 1 unspecified atom stereocenters. The monoisotopic (exact) mass is 332 g/mol. The molecule has 0 amide bonds. The van der Waals surface area contributed by atoms with E-state index in [9.17, 15) is 5.11 Å². The lowest BCUT2D eigenvalue weighted by Crippen LogP contribution is -2.25. The third-order valence-corrected chi connectivity index (χ3v) is 3.86. The molecule has 4 nitrogen and oxygen atoms in total. The normalized spacial score (nSPS) is 13.2. The molecule has 5 heteroatoms. The lowest BCUT2D eigenvalue weighted by molar-refractivity contribution is -0.0205. The van der Waals surface area contributed by atoms with Gasteiger partial charge in [0.1, 0.15) is 16.0 Å². The molecule has 0 fully saturated rings. The fourth-order valence-electron chi connectivity index (χ4n) is 1.84. The molecule has 1 aromatic carbocycles. The Morgan fingerprint density at radius 1 is 1.21 bits per heavy atom. The predicted molar refractivity (Wildman–Crippen MR) is 77.9 cm³/mol. The minimum Gasteiger partial charge on any atom is -0.495 e. The number of aliphatic hydroxyl groups excluding tert-OH is 1. The van der Waals surface area contributed by atoms with Crippen LogP contribution in [0.15, 0.2) is 16.6 Å². The molecule has 0 spiro atoms. The summed E-state index contributed by atoms with van der Waals surface area (Å²) in [6.07, 6.45) is -0.203. The molecule has 0 saturated heterocycles. The third kappa shape index (κ3) is 3.84. The van der Waals surface area contributed by atoms with Gasteiger partial charge in [0.15, 0.2) is 0 Å². The van der Waals surface area contributed by atoms with Crippen LogP contribution in [0.1, 0.15) is 31.9 Å². The van der Waals surface area contributed by atoms with Crippen molar-refractivity contribution in [2.75, 3.05) is 21.3 Å². The first-order valence-corrected chi connectivity index (χ1v) is 6.79. The van der Waals surface area contributed by atoms with Gasteiger partial charge < -0.3 is 19.3 Å². The summed E-state index contributed by atoms with van der Waals surface area (Å²) in [4.78, 5) is 0. The summed E-state index contributed by atoms with van der Waals surface area (Å²) < 4.78 is 16.6. The van der Waals surface area contributed by atoms with Gasteiger partial charge in [-0.2, -0.15) is 0 Å². The molecule has 1 N–H and O–H groups in total. The van der Waals surface area contributed by atoms with E-state index in [1.807, 2.05) is 13.8 Å². The number of benzene rings is 1. The van der Waals surface area contributed by atoms with Crippen LogP contribution in [0.3, 0.4) is 0 Å². The van der Waals surface area contributed by atoms with Crippen LogP contribution in [0.4, 0.5) is 0 Å². The fraction of sp³-hybridized carbons (Fsp3) is 0.571. The van der Waals surface area contributed by atoms with Crippen molar-refractivity contribution in [1.29, 1.82) is 0 Å². The van der Waals surface area contributed by atoms with Crippen LogP contribution < -0.4 is 9.47 Å². The van der Waals surface area contributed by atoms with Gasteiger partial charge in [0, 0.05) is 19.1 Å². The molecular formula is C14H21BrO4. The molecule has 1 atom stereocenters. The van der Waals surface area contributed by atoms with Gasteiger partial charge in [0.2, 0.25) is 0 Å². The van der Waals surface area contributed by atoms with Crippen molar-refractivity contribution >= 4 is 15.9 Å². The molecule has 0 aliphatic carbocycles. The number of rotatable bonds is 6. The summed E-state index contributed by atoms with van der Waals surface area (Å²) >= 11 is 3.43. The maximum absolute atomic E-state index is 10.4. The Labute approximate surface area is 122 Å². The predicted octanol–water partition coefficient (Wildman–Crippen LogP) is 3.31. The van der Waals surface area contributed by atoms with E-state index in [0.29, 0.717) is 28.0 Å². The van der Waals surface area contributed by atoms with Crippen molar-refractivity contribution < 1.29 is 19.3 Å². The van der Waals surface area contributed by atoms with Crippen LogP contribution in [0.2, 0.25) is 0 Å². The van der Waals surface area contributed by atoms with E-state index in [4.69, 9.17) is 14.2 Å². The Morgan fingerprint density at radius 3 is 2.32 bits per heavy atom. The van der Waals surface area contributed by atoms with Gasteiger partial charge >= 0.3 is 0 Å². The third-order valence-electron chi connectivity index (χ3n) is 3.11. The lowest BCUT2D eigenvalue weighted by Gasteiger charge is -2.27. The van der Waals surface area contributed by atoms with E-state index in [1.54, 1.807) is 33.5 Å². The summed E-state index contributed by atoms with van der Waals surface area (Å²) in [7, 11) is 4.79. The van der Waals surface area contributed by atoms with Crippen molar-refractivity contribution in [3.05, 3.63) is 22.2 Å². The highest BCUT2D eigenvalue weighted by molar-refractivity contribution is 9.10. The van der Waals surface area contributed by atoms with Crippen LogP contribution in [-0.2, 0) is 4.74 Å². The number of hydrogen-bond acceptors (Lipinski definition) is 4. The summed E-state index contributed by atoms with van der Waals surface area (Å²) in [5.74, 6) is 1.25. The van der Waals surface area contributed by atoms with Crippen LogP contribution >= 0.6 is 15.9 Å². The Hall–Kier alpha value is -0.780. The van der Waals surface area contributed by atoms with E-state index in [2.05, 4.69) is 15.9 Å². The van der Waals surface area contributed by atoms with E-state index < -0.39 is 11.7 Å². The minimum absolute atomic E-state index is 0.406. The Bertz CT molecular complexity index is 432. The van der Waals surface area contributed by atoms with Gasteiger partial charge in [-0.05, 0) is 41.9 Å². The summed E-state index contributed by atoms with van der Waals surface area (Å²) in [6, 6.07) is 3.60. The van der Waals surface area contributed by atoms with E-state index in [0.717, 1.165) is 0 Å². The second kappa shape index (κ2) is 6.59. The second-order valence-corrected chi connectivity index (χ2v) is 5.68. The van der Waals surface area contributed by atoms with Crippen LogP contribution in [0.25, 0.3) is 0 Å². The number of hydrogen-bond donors (Lipinski definition) is 1. The van der Waals surface area contributed by atoms with Crippen LogP contribution in [0.5, 0.6) is 11.5 Å². The fourth-order valence-corrected chi connectivity index (χ4v) is 2.52. The molecule has 0 aromatic heterocycles. The zero-order valence-corrected chi connectivity index (χ0v) is 13.6. The zero-order valence-electron chi connectivity index (χ0n) is 12.0. The molecule has 0 radical (unpaired) electrons. The molecule has 0 heterocycles. The van der Waals surface area contributed by atoms with Crippen LogP contribution in [-0.4, -0.2) is 32.0 Å². The van der Waals surface area contributed by atoms with Crippen molar-refractivity contribution in [2.24, 2.45) is 0 Å². The number of halogens is 1. The van der Waals surface area contributed by atoms with Gasteiger partial charge in [-0.15, -0.1) is 0 Å². The zero-order chi connectivity index (χ0) is 14.6. The molecule has 19 heavy (non-hydrogen) atoms. The highest BCUT2D eigenvalue weighted by atomic mass is 79.9. The highest BCUT2D eigenvalue weighted by Gasteiger charge is 2.26. The first-order chi connectivity index (χ1) is 8.86. The van der Waals surface area contributed by atoms with Gasteiger partial charge in [0.25, 0.3) is 0 Å². The van der Waals surface area contributed by atoms with Gasteiger partial charge in [-0.3, -0.25) is 0 Å². The van der Waals surface area contributed by atoms with Gasteiger partial charge in [-0.1, -0.05) is 0 Å². The Morgan fingerprint density at radius 2 is 1.84 bits per heavy atom. The summed E-state index contributed by atoms with van der Waals surface area (Å²) in [5, 5.41) is 10.4. The standard InChI is InChI=1S/C14H21BrO4/c1-14(2,19-5)8-10(16)9-6-7-11(17-3)12(15)13(9)18-4/h6-7,10,16H,8H2,1-5H3. The molecule has 0 saturated carbocycles. The SMILES string of the molecule is COc1ccc(C(O)CC(C)(C)OC)c(OC)c1Br. The molecular weight excluding hydrogens is 312 g/mol. The summed E-state index contributed by atoms with van der Waals surface area (Å²) in [6.45, 7) is 3.86. The second-order valence-electron chi connectivity index (χ2n) is 4.89. The van der Waals surface area contributed by atoms with Crippen molar-refractivity contribution in [3.8, 4) is 11.5 Å². The molecule has 0 aliphatic rings. The van der Waals surface area contributed by atoms with Crippen LogP contribution in [0, 0.1) is 0 Å². The maximum Gasteiger partial charge on any atom is 0.142 e. The maximum atomic E-state index is 10.4. The van der Waals surface area contributed by atoms with Gasteiger partial charge in [0.05, 0.1) is 25.9 Å². The smallest absolute Gasteiger partial charge is 0.142 e. The highest BCUT2D eigenvalue weighted by Crippen LogP contribution is 2.41. The average molecular weight is 333 g/mol. The first-order valence-electron chi connectivity index (χ1n) is 6.00. The average Bonchev–Trinajstić information content (AvgIpc) is 2.37. The Balaban J connectivity index is 3.10. The van der Waals surface area contributed by atoms with E-state index in [-0.39, 0.29) is 0 Å². The number of ether oxygens (including phenoxy) is 3. The Kier molecular flexibility index (Phi) is 5.64. The quantitative estimate of drug-likeness (QED) is 0.868. The van der Waals surface area contributed by atoms with E-state index >= 15 is 0 Å². The number of aliphatic hydroxyl groups is 1. The first kappa shape index (κ1) is 16.3. The van der Waals surface area contributed by atoms with Crippen molar-refractivity contribution in [3.63, 3.8) is 0 Å². The minimum atomic E-state index is -0.674. The molecule has 1 rings (SSSR count). The summed E-state index contributed by atoms with van der Waals surface area (Å²) in [5.41, 5.74) is 0.303. The van der Waals surface area contributed by atoms with E-state index in [1.165, 1.54) is 0 Å². The molecule has 0 bridgehead atoms. The molecule has 1 aromatic rings. The van der Waals surface area contributed by atoms with Gasteiger partial charge in [-0.25, -0.2) is 0 Å². The number of methoxy groups -OCH3 is 3. The molecule has 108 valence electrons.